The van der Waals surface area contributed by atoms with Crippen LogP contribution in [0.2, 0.25) is 0 Å². The van der Waals surface area contributed by atoms with Gasteiger partial charge in [0.1, 0.15) is 11.8 Å². The van der Waals surface area contributed by atoms with Crippen LogP contribution in [-0.2, 0) is 6.42 Å². The number of pyridine rings is 2. The summed E-state index contributed by atoms with van der Waals surface area (Å²) in [4.78, 5) is 23.4. The third-order valence-corrected chi connectivity index (χ3v) is 5.42. The van der Waals surface area contributed by atoms with Gasteiger partial charge in [0.15, 0.2) is 5.82 Å². The summed E-state index contributed by atoms with van der Waals surface area (Å²) in [6.07, 6.45) is 6.34. The molecule has 6 heteroatoms. The number of benzene rings is 1. The number of aromatic nitrogens is 2. The van der Waals surface area contributed by atoms with Crippen molar-refractivity contribution in [3.8, 4) is 6.07 Å². The number of carbonyl (C=O) groups excluding carboxylic acids is 1. The van der Waals surface area contributed by atoms with Crippen molar-refractivity contribution in [3.05, 3.63) is 83.8 Å². The smallest absolute Gasteiger partial charge is 0.274 e. The quantitative estimate of drug-likeness (QED) is 0.702. The molecule has 1 fully saturated rings. The lowest BCUT2D eigenvalue weighted by molar-refractivity contribution is 0.102. The third kappa shape index (κ3) is 4.64. The fourth-order valence-corrected chi connectivity index (χ4v) is 3.84. The van der Waals surface area contributed by atoms with E-state index in [1.165, 1.54) is 5.56 Å². The van der Waals surface area contributed by atoms with Gasteiger partial charge in [-0.05, 0) is 48.9 Å². The highest BCUT2D eigenvalue weighted by Crippen LogP contribution is 2.30. The second kappa shape index (κ2) is 9.19. The minimum absolute atomic E-state index is 0.312. The molecule has 0 atom stereocenters. The van der Waals surface area contributed by atoms with Crippen molar-refractivity contribution in [1.29, 1.82) is 5.26 Å². The number of amides is 1. The fraction of sp³-hybridized carbons (Fsp3) is 0.250. The van der Waals surface area contributed by atoms with Crippen LogP contribution >= 0.6 is 0 Å². The van der Waals surface area contributed by atoms with E-state index in [2.05, 4.69) is 50.5 Å². The van der Waals surface area contributed by atoms with E-state index in [4.69, 9.17) is 0 Å². The van der Waals surface area contributed by atoms with E-state index in [9.17, 15) is 10.1 Å². The van der Waals surface area contributed by atoms with Crippen molar-refractivity contribution >= 4 is 17.4 Å². The Morgan fingerprint density at radius 2 is 1.87 bits per heavy atom. The molecule has 6 nitrogen and oxygen atoms in total. The second-order valence-electron chi connectivity index (χ2n) is 7.50. The van der Waals surface area contributed by atoms with E-state index in [1.807, 2.05) is 6.07 Å². The summed E-state index contributed by atoms with van der Waals surface area (Å²) in [6, 6.07) is 19.5. The van der Waals surface area contributed by atoms with Gasteiger partial charge in [0, 0.05) is 25.5 Å². The van der Waals surface area contributed by atoms with E-state index in [1.54, 1.807) is 36.7 Å². The summed E-state index contributed by atoms with van der Waals surface area (Å²) in [5.74, 6) is 1.03. The Hall–Kier alpha value is -3.72. The molecule has 3 aromatic rings. The Bertz CT molecular complexity index is 1040. The predicted octanol–water partition coefficient (Wildman–Crippen LogP) is 4.06. The molecule has 1 N–H and O–H groups in total. The van der Waals surface area contributed by atoms with Crippen LogP contribution in [0.3, 0.4) is 0 Å². The van der Waals surface area contributed by atoms with Crippen molar-refractivity contribution in [3.63, 3.8) is 0 Å². The summed E-state index contributed by atoms with van der Waals surface area (Å²) >= 11 is 0. The first-order chi connectivity index (χ1) is 14.7. The van der Waals surface area contributed by atoms with Crippen molar-refractivity contribution in [1.82, 2.24) is 9.97 Å². The third-order valence-electron chi connectivity index (χ3n) is 5.42. The SMILES string of the molecule is N#Cc1cnc(N2CCC(Cc3ccccc3)CC2)c(NC(=O)c2ccccn2)c1. The predicted molar refractivity (Wildman–Crippen MR) is 116 cm³/mol. The molecule has 3 heterocycles. The largest absolute Gasteiger partial charge is 0.355 e. The molecule has 0 radical (unpaired) electrons. The fourth-order valence-electron chi connectivity index (χ4n) is 3.84. The first-order valence-corrected chi connectivity index (χ1v) is 10.1. The van der Waals surface area contributed by atoms with Crippen LogP contribution in [0.15, 0.2) is 67.0 Å². The molecular weight excluding hydrogens is 374 g/mol. The number of rotatable bonds is 5. The molecular formula is C24H23N5O. The Morgan fingerprint density at radius 1 is 1.10 bits per heavy atom. The molecule has 1 amide bonds. The lowest BCUT2D eigenvalue weighted by Crippen LogP contribution is -2.35. The maximum absolute atomic E-state index is 12.6. The zero-order chi connectivity index (χ0) is 20.8. The van der Waals surface area contributed by atoms with E-state index in [0.717, 1.165) is 32.4 Å². The number of nitrogens with zero attached hydrogens (tertiary/aromatic N) is 4. The van der Waals surface area contributed by atoms with Gasteiger partial charge >= 0.3 is 0 Å². The van der Waals surface area contributed by atoms with Crippen LogP contribution in [0.5, 0.6) is 0 Å². The van der Waals surface area contributed by atoms with Gasteiger partial charge in [0.05, 0.1) is 11.3 Å². The standard InChI is InChI=1S/C24H23N5O/c25-16-20-15-22(28-24(30)21-8-4-5-11-26-21)23(27-17-20)29-12-9-19(10-13-29)14-18-6-2-1-3-7-18/h1-8,11,15,17,19H,9-10,12-14H2,(H,28,30). The lowest BCUT2D eigenvalue weighted by atomic mass is 9.90. The maximum Gasteiger partial charge on any atom is 0.274 e. The van der Waals surface area contributed by atoms with Gasteiger partial charge in [-0.2, -0.15) is 5.26 Å². The van der Waals surface area contributed by atoms with Gasteiger partial charge in [0.2, 0.25) is 0 Å². The number of carbonyl (C=O) groups is 1. The summed E-state index contributed by atoms with van der Waals surface area (Å²) < 4.78 is 0. The molecule has 1 aliphatic rings. The molecule has 4 rings (SSSR count). The second-order valence-corrected chi connectivity index (χ2v) is 7.50. The van der Waals surface area contributed by atoms with Gasteiger partial charge in [-0.25, -0.2) is 4.98 Å². The van der Waals surface area contributed by atoms with Gasteiger partial charge in [-0.1, -0.05) is 36.4 Å². The molecule has 150 valence electrons. The highest BCUT2D eigenvalue weighted by Gasteiger charge is 2.23. The van der Waals surface area contributed by atoms with Gasteiger partial charge in [-0.15, -0.1) is 0 Å². The van der Waals surface area contributed by atoms with Gasteiger partial charge in [0.25, 0.3) is 5.91 Å². The average Bonchev–Trinajstić information content (AvgIpc) is 2.81. The number of hydrogen-bond donors (Lipinski definition) is 1. The van der Waals surface area contributed by atoms with Crippen LogP contribution in [0.1, 0.15) is 34.5 Å². The van der Waals surface area contributed by atoms with Crippen LogP contribution in [0.4, 0.5) is 11.5 Å². The van der Waals surface area contributed by atoms with Crippen LogP contribution in [0.25, 0.3) is 0 Å². The number of anilines is 2. The highest BCUT2D eigenvalue weighted by molar-refractivity contribution is 6.04. The zero-order valence-electron chi connectivity index (χ0n) is 16.7. The molecule has 0 bridgehead atoms. The molecule has 0 unspecified atom stereocenters. The highest BCUT2D eigenvalue weighted by atomic mass is 16.1. The number of nitrogens with one attached hydrogen (secondary N) is 1. The Balaban J connectivity index is 1.47. The Labute approximate surface area is 176 Å². The normalized spacial score (nSPS) is 14.2. The van der Waals surface area contributed by atoms with Crippen LogP contribution < -0.4 is 10.2 Å². The molecule has 0 aliphatic carbocycles. The summed E-state index contributed by atoms with van der Waals surface area (Å²) in [5, 5.41) is 12.2. The summed E-state index contributed by atoms with van der Waals surface area (Å²) in [5.41, 5.74) is 2.66. The first-order valence-electron chi connectivity index (χ1n) is 10.1. The number of piperidine rings is 1. The van der Waals surface area contributed by atoms with Gasteiger partial charge in [-0.3, -0.25) is 9.78 Å². The number of nitriles is 1. The Kier molecular flexibility index (Phi) is 6.00. The lowest BCUT2D eigenvalue weighted by Gasteiger charge is -2.34. The maximum atomic E-state index is 12.6. The molecule has 1 saturated heterocycles. The molecule has 1 aromatic carbocycles. The minimum atomic E-state index is -0.312. The molecule has 30 heavy (non-hydrogen) atoms. The van der Waals surface area contributed by atoms with Crippen molar-refractivity contribution in [2.45, 2.75) is 19.3 Å². The Morgan fingerprint density at radius 3 is 2.57 bits per heavy atom. The van der Waals surface area contributed by atoms with E-state index in [0.29, 0.717) is 28.7 Å². The minimum Gasteiger partial charge on any atom is -0.355 e. The zero-order valence-corrected chi connectivity index (χ0v) is 16.7. The van der Waals surface area contributed by atoms with E-state index >= 15 is 0 Å². The summed E-state index contributed by atoms with van der Waals surface area (Å²) in [7, 11) is 0. The number of hydrogen-bond acceptors (Lipinski definition) is 5. The van der Waals surface area contributed by atoms with Crippen LogP contribution in [0, 0.1) is 17.2 Å². The molecule has 0 saturated carbocycles. The first kappa shape index (κ1) is 19.6. The van der Waals surface area contributed by atoms with E-state index in [-0.39, 0.29) is 5.91 Å². The van der Waals surface area contributed by atoms with Crippen molar-refractivity contribution < 1.29 is 4.79 Å². The monoisotopic (exact) mass is 397 g/mol. The van der Waals surface area contributed by atoms with Crippen molar-refractivity contribution in [2.24, 2.45) is 5.92 Å². The van der Waals surface area contributed by atoms with Crippen molar-refractivity contribution in [2.75, 3.05) is 23.3 Å². The topological polar surface area (TPSA) is 81.9 Å². The van der Waals surface area contributed by atoms with Gasteiger partial charge < -0.3 is 10.2 Å². The molecule has 2 aromatic heterocycles. The van der Waals surface area contributed by atoms with Crippen LogP contribution in [-0.4, -0.2) is 29.0 Å². The summed E-state index contributed by atoms with van der Waals surface area (Å²) in [6.45, 7) is 1.73. The average molecular weight is 397 g/mol. The molecule has 1 aliphatic heterocycles. The molecule has 0 spiro atoms. The van der Waals surface area contributed by atoms with E-state index < -0.39 is 0 Å².